The maximum atomic E-state index is 12.5. The number of cyclic esters (lactones) is 1. The van der Waals surface area contributed by atoms with Crippen LogP contribution in [-0.2, 0) is 19.1 Å². The molecule has 1 saturated heterocycles. The maximum Gasteiger partial charge on any atom is 0.324 e. The molecule has 0 radical (unpaired) electrons. The summed E-state index contributed by atoms with van der Waals surface area (Å²) in [5.74, 6) is -1.01. The lowest BCUT2D eigenvalue weighted by Gasteiger charge is -2.22. The minimum Gasteiger partial charge on any atom is -0.468 e. The van der Waals surface area contributed by atoms with Crippen LogP contribution in [0.25, 0.3) is 10.8 Å². The molecule has 4 nitrogen and oxygen atoms in total. The molecule has 118 valence electrons. The fourth-order valence-corrected chi connectivity index (χ4v) is 4.20. The average Bonchev–Trinajstić information content (AvgIpc) is 3.14. The van der Waals surface area contributed by atoms with E-state index in [-0.39, 0.29) is 12.0 Å². The third-order valence-corrected chi connectivity index (χ3v) is 5.33. The molecule has 2 fully saturated rings. The van der Waals surface area contributed by atoms with Crippen molar-refractivity contribution in [3.8, 4) is 0 Å². The standard InChI is InChI=1S/C19H18O4/c1-22-17(20)19-10-4-7-15(19)16(23-18(19)21)14-9-8-12-5-2-3-6-13(12)11-14/h2-3,5-6,8-9,11,15-16H,4,7,10H2,1H3/t15-,16-,19-/m0/s1. The first-order valence-corrected chi connectivity index (χ1v) is 7.95. The number of hydrogen-bond donors (Lipinski definition) is 0. The first kappa shape index (κ1) is 14.2. The highest BCUT2D eigenvalue weighted by molar-refractivity contribution is 6.02. The number of fused-ring (bicyclic) bond motifs is 2. The molecular formula is C19H18O4. The van der Waals surface area contributed by atoms with Crippen LogP contribution in [0.1, 0.15) is 30.9 Å². The van der Waals surface area contributed by atoms with E-state index in [0.29, 0.717) is 6.42 Å². The van der Waals surface area contributed by atoms with Gasteiger partial charge >= 0.3 is 11.9 Å². The van der Waals surface area contributed by atoms with Crippen molar-refractivity contribution in [2.75, 3.05) is 7.11 Å². The van der Waals surface area contributed by atoms with Crippen LogP contribution in [0.5, 0.6) is 0 Å². The first-order chi connectivity index (χ1) is 11.2. The Kier molecular flexibility index (Phi) is 3.15. The normalized spacial score (nSPS) is 29.3. The largest absolute Gasteiger partial charge is 0.468 e. The molecule has 4 rings (SSSR count). The van der Waals surface area contributed by atoms with Crippen LogP contribution in [-0.4, -0.2) is 19.0 Å². The molecule has 1 saturated carbocycles. The molecule has 0 spiro atoms. The molecule has 1 heterocycles. The smallest absolute Gasteiger partial charge is 0.324 e. The van der Waals surface area contributed by atoms with E-state index in [2.05, 4.69) is 6.07 Å². The Hall–Kier alpha value is -2.36. The van der Waals surface area contributed by atoms with Crippen LogP contribution < -0.4 is 0 Å². The van der Waals surface area contributed by atoms with E-state index in [0.717, 1.165) is 29.2 Å². The minimum absolute atomic E-state index is 0.136. The van der Waals surface area contributed by atoms with Crippen molar-refractivity contribution in [2.45, 2.75) is 25.4 Å². The number of methoxy groups -OCH3 is 1. The van der Waals surface area contributed by atoms with E-state index >= 15 is 0 Å². The molecule has 0 unspecified atom stereocenters. The summed E-state index contributed by atoms with van der Waals surface area (Å²) in [5, 5.41) is 2.25. The quantitative estimate of drug-likeness (QED) is 0.630. The van der Waals surface area contributed by atoms with Gasteiger partial charge in [0.25, 0.3) is 0 Å². The van der Waals surface area contributed by atoms with Crippen molar-refractivity contribution < 1.29 is 19.1 Å². The summed E-state index contributed by atoms with van der Waals surface area (Å²) in [4.78, 5) is 24.8. The van der Waals surface area contributed by atoms with Crippen molar-refractivity contribution >= 4 is 22.7 Å². The Balaban J connectivity index is 1.77. The number of benzene rings is 2. The first-order valence-electron chi connectivity index (χ1n) is 7.95. The molecule has 2 aromatic carbocycles. The number of esters is 2. The maximum absolute atomic E-state index is 12.5. The number of rotatable bonds is 2. The van der Waals surface area contributed by atoms with Crippen LogP contribution in [0.4, 0.5) is 0 Å². The van der Waals surface area contributed by atoms with Gasteiger partial charge in [0, 0.05) is 5.92 Å². The van der Waals surface area contributed by atoms with Crippen LogP contribution in [0.15, 0.2) is 42.5 Å². The second kappa shape index (κ2) is 5.08. The Labute approximate surface area is 134 Å². The third-order valence-electron chi connectivity index (χ3n) is 5.33. The van der Waals surface area contributed by atoms with Crippen molar-refractivity contribution in [1.82, 2.24) is 0 Å². The average molecular weight is 310 g/mol. The summed E-state index contributed by atoms with van der Waals surface area (Å²) in [6, 6.07) is 14.2. The second-order valence-electron chi connectivity index (χ2n) is 6.39. The molecule has 2 aromatic rings. The van der Waals surface area contributed by atoms with Gasteiger partial charge < -0.3 is 9.47 Å². The molecule has 4 heteroatoms. The summed E-state index contributed by atoms with van der Waals surface area (Å²) in [7, 11) is 1.34. The van der Waals surface area contributed by atoms with E-state index in [1.54, 1.807) is 0 Å². The lowest BCUT2D eigenvalue weighted by atomic mass is 9.76. The van der Waals surface area contributed by atoms with Crippen LogP contribution in [0, 0.1) is 11.3 Å². The second-order valence-corrected chi connectivity index (χ2v) is 6.39. The molecule has 0 bridgehead atoms. The van der Waals surface area contributed by atoms with Crippen molar-refractivity contribution in [3.63, 3.8) is 0 Å². The van der Waals surface area contributed by atoms with Crippen LogP contribution in [0.2, 0.25) is 0 Å². The highest BCUT2D eigenvalue weighted by atomic mass is 16.6. The summed E-state index contributed by atoms with van der Waals surface area (Å²) in [5.41, 5.74) is -0.153. The van der Waals surface area contributed by atoms with Gasteiger partial charge in [-0.15, -0.1) is 0 Å². The molecule has 0 N–H and O–H groups in total. The van der Waals surface area contributed by atoms with Crippen molar-refractivity contribution in [3.05, 3.63) is 48.0 Å². The fourth-order valence-electron chi connectivity index (χ4n) is 4.20. The number of hydrogen-bond acceptors (Lipinski definition) is 4. The van der Waals surface area contributed by atoms with Gasteiger partial charge in [-0.05, 0) is 35.2 Å². The van der Waals surface area contributed by atoms with Gasteiger partial charge in [-0.1, -0.05) is 42.8 Å². The molecule has 23 heavy (non-hydrogen) atoms. The molecule has 1 aliphatic heterocycles. The minimum atomic E-state index is -1.11. The van der Waals surface area contributed by atoms with E-state index in [9.17, 15) is 9.59 Å². The number of carbonyl (C=O) groups excluding carboxylic acids is 2. The van der Waals surface area contributed by atoms with Gasteiger partial charge in [-0.25, -0.2) is 0 Å². The lowest BCUT2D eigenvalue weighted by Crippen LogP contribution is -2.39. The Bertz CT molecular complexity index is 797. The van der Waals surface area contributed by atoms with Crippen molar-refractivity contribution in [2.24, 2.45) is 11.3 Å². The topological polar surface area (TPSA) is 52.6 Å². The van der Waals surface area contributed by atoms with Gasteiger partial charge in [0.1, 0.15) is 6.10 Å². The van der Waals surface area contributed by atoms with Crippen LogP contribution in [0.3, 0.4) is 0 Å². The highest BCUT2D eigenvalue weighted by Gasteiger charge is 2.65. The molecule has 0 aromatic heterocycles. The van der Waals surface area contributed by atoms with Gasteiger partial charge in [0.2, 0.25) is 0 Å². The van der Waals surface area contributed by atoms with Gasteiger partial charge in [0.05, 0.1) is 7.11 Å². The summed E-state index contributed by atoms with van der Waals surface area (Å²) in [6.07, 6.45) is 1.80. The highest BCUT2D eigenvalue weighted by Crippen LogP contribution is 2.57. The predicted octanol–water partition coefficient (Wildman–Crippen LogP) is 3.40. The van der Waals surface area contributed by atoms with E-state index in [4.69, 9.17) is 9.47 Å². The third kappa shape index (κ3) is 1.90. The molecular weight excluding hydrogens is 292 g/mol. The Morgan fingerprint density at radius 3 is 2.78 bits per heavy atom. The summed E-state index contributed by atoms with van der Waals surface area (Å²) < 4.78 is 10.6. The predicted molar refractivity (Wildman–Crippen MR) is 84.6 cm³/mol. The fraction of sp³-hybridized carbons (Fsp3) is 0.368. The van der Waals surface area contributed by atoms with E-state index in [1.165, 1.54) is 7.11 Å². The van der Waals surface area contributed by atoms with E-state index < -0.39 is 17.4 Å². The Morgan fingerprint density at radius 1 is 1.22 bits per heavy atom. The number of ether oxygens (including phenoxy) is 2. The van der Waals surface area contributed by atoms with Gasteiger partial charge in [-0.3, -0.25) is 9.59 Å². The molecule has 2 aliphatic rings. The SMILES string of the molecule is COC(=O)[C@]12CCC[C@H]1[C@H](c1ccc3ccccc3c1)OC2=O. The Morgan fingerprint density at radius 2 is 2.00 bits per heavy atom. The summed E-state index contributed by atoms with van der Waals surface area (Å²) >= 11 is 0. The molecule has 3 atom stereocenters. The zero-order valence-electron chi connectivity index (χ0n) is 13.0. The summed E-state index contributed by atoms with van der Waals surface area (Å²) in [6.45, 7) is 0. The van der Waals surface area contributed by atoms with Crippen molar-refractivity contribution in [1.29, 1.82) is 0 Å². The van der Waals surface area contributed by atoms with Gasteiger partial charge in [-0.2, -0.15) is 0 Å². The zero-order valence-corrected chi connectivity index (χ0v) is 13.0. The zero-order chi connectivity index (χ0) is 16.0. The van der Waals surface area contributed by atoms with E-state index in [1.807, 2.05) is 36.4 Å². The molecule has 1 aliphatic carbocycles. The monoisotopic (exact) mass is 310 g/mol. The molecule has 0 amide bonds. The van der Waals surface area contributed by atoms with Crippen LogP contribution >= 0.6 is 0 Å². The lowest BCUT2D eigenvalue weighted by molar-refractivity contribution is -0.163. The number of carbonyl (C=O) groups is 2. The van der Waals surface area contributed by atoms with Gasteiger partial charge in [0.15, 0.2) is 5.41 Å².